The Bertz CT molecular complexity index is 430. The highest BCUT2D eigenvalue weighted by atomic mass is 16.2. The van der Waals surface area contributed by atoms with E-state index >= 15 is 0 Å². The summed E-state index contributed by atoms with van der Waals surface area (Å²) in [6.07, 6.45) is 9.40. The van der Waals surface area contributed by atoms with Crippen molar-refractivity contribution in [3.05, 3.63) is 0 Å². The molecule has 0 bridgehead atoms. The number of piperidine rings is 2. The fourth-order valence-electron chi connectivity index (χ4n) is 4.61. The predicted molar refractivity (Wildman–Crippen MR) is 94.6 cm³/mol. The molecule has 0 aromatic heterocycles. The van der Waals surface area contributed by atoms with Crippen molar-refractivity contribution in [1.82, 2.24) is 14.7 Å². The molecule has 24 heavy (non-hydrogen) atoms. The Morgan fingerprint density at radius 2 is 1.25 bits per heavy atom. The minimum atomic E-state index is 0.135. The zero-order valence-corrected chi connectivity index (χ0v) is 15.2. The monoisotopic (exact) mass is 335 g/mol. The van der Waals surface area contributed by atoms with E-state index < -0.39 is 0 Å². The molecule has 5 heteroatoms. The predicted octanol–water partition coefficient (Wildman–Crippen LogP) is 2.11. The number of hydrogen-bond acceptors (Lipinski definition) is 3. The third-order valence-corrected chi connectivity index (χ3v) is 6.22. The van der Waals surface area contributed by atoms with Crippen molar-refractivity contribution >= 4 is 11.8 Å². The summed E-state index contributed by atoms with van der Waals surface area (Å²) in [6.45, 7) is 7.46. The maximum absolute atomic E-state index is 12.8. The van der Waals surface area contributed by atoms with Gasteiger partial charge in [-0.2, -0.15) is 0 Å². The number of hydrogen-bond donors (Lipinski definition) is 0. The highest BCUT2D eigenvalue weighted by molar-refractivity contribution is 5.79. The fourth-order valence-corrected chi connectivity index (χ4v) is 4.61. The van der Waals surface area contributed by atoms with Crippen molar-refractivity contribution in [2.75, 3.05) is 39.3 Å². The van der Waals surface area contributed by atoms with Gasteiger partial charge in [0, 0.05) is 45.1 Å². The molecule has 136 valence electrons. The van der Waals surface area contributed by atoms with Gasteiger partial charge in [0.25, 0.3) is 0 Å². The second kappa shape index (κ2) is 8.32. The van der Waals surface area contributed by atoms with Gasteiger partial charge in [-0.3, -0.25) is 9.59 Å². The molecule has 3 aliphatic rings. The van der Waals surface area contributed by atoms with Crippen LogP contribution in [-0.4, -0.2) is 71.8 Å². The van der Waals surface area contributed by atoms with E-state index in [-0.39, 0.29) is 11.8 Å². The molecule has 3 rings (SSSR count). The summed E-state index contributed by atoms with van der Waals surface area (Å²) in [5.41, 5.74) is 0. The van der Waals surface area contributed by atoms with Gasteiger partial charge in [-0.05, 0) is 51.6 Å². The summed E-state index contributed by atoms with van der Waals surface area (Å²) < 4.78 is 0. The van der Waals surface area contributed by atoms with E-state index in [4.69, 9.17) is 0 Å². The molecule has 3 aliphatic heterocycles. The van der Waals surface area contributed by atoms with Crippen molar-refractivity contribution in [1.29, 1.82) is 0 Å². The maximum atomic E-state index is 12.8. The molecule has 0 aromatic carbocycles. The van der Waals surface area contributed by atoms with E-state index in [1.165, 1.54) is 38.8 Å². The van der Waals surface area contributed by atoms with E-state index in [9.17, 15) is 9.59 Å². The van der Waals surface area contributed by atoms with Crippen molar-refractivity contribution in [2.45, 2.75) is 64.3 Å². The number of amides is 2. The lowest BCUT2D eigenvalue weighted by Crippen LogP contribution is -2.50. The SMILES string of the molecule is CC(=O)N1CCC(C(=O)N2CCC(N3CCCCCC3)CC2)CC1. The van der Waals surface area contributed by atoms with Crippen LogP contribution in [0.3, 0.4) is 0 Å². The van der Waals surface area contributed by atoms with E-state index in [1.54, 1.807) is 6.92 Å². The summed E-state index contributed by atoms with van der Waals surface area (Å²) in [5, 5.41) is 0. The molecule has 5 nitrogen and oxygen atoms in total. The molecule has 0 radical (unpaired) electrons. The van der Waals surface area contributed by atoms with Crippen LogP contribution in [0.5, 0.6) is 0 Å². The van der Waals surface area contributed by atoms with Gasteiger partial charge in [0.1, 0.15) is 0 Å². The number of carbonyl (C=O) groups excluding carboxylic acids is 2. The van der Waals surface area contributed by atoms with Gasteiger partial charge in [0.05, 0.1) is 0 Å². The molecule has 3 heterocycles. The molecule has 0 saturated carbocycles. The van der Waals surface area contributed by atoms with Crippen LogP contribution in [0.2, 0.25) is 0 Å². The smallest absolute Gasteiger partial charge is 0.225 e. The Morgan fingerprint density at radius 1 is 0.708 bits per heavy atom. The Labute approximate surface area is 146 Å². The quantitative estimate of drug-likeness (QED) is 0.776. The van der Waals surface area contributed by atoms with E-state index in [0.29, 0.717) is 11.9 Å². The normalized spacial score (nSPS) is 25.5. The van der Waals surface area contributed by atoms with Gasteiger partial charge in [-0.15, -0.1) is 0 Å². The zero-order chi connectivity index (χ0) is 16.9. The highest BCUT2D eigenvalue weighted by Gasteiger charge is 2.32. The van der Waals surface area contributed by atoms with Crippen molar-refractivity contribution in [3.8, 4) is 0 Å². The second-order valence-corrected chi connectivity index (χ2v) is 7.79. The summed E-state index contributed by atoms with van der Waals surface area (Å²) in [5.74, 6) is 0.613. The highest BCUT2D eigenvalue weighted by Crippen LogP contribution is 2.24. The number of likely N-dealkylation sites (tertiary alicyclic amines) is 3. The summed E-state index contributed by atoms with van der Waals surface area (Å²) >= 11 is 0. The molecule has 0 aliphatic carbocycles. The summed E-state index contributed by atoms with van der Waals surface area (Å²) in [6, 6.07) is 0.687. The van der Waals surface area contributed by atoms with Crippen molar-refractivity contribution in [2.24, 2.45) is 5.92 Å². The van der Waals surface area contributed by atoms with Crippen LogP contribution < -0.4 is 0 Å². The van der Waals surface area contributed by atoms with Crippen LogP contribution in [0.15, 0.2) is 0 Å². The van der Waals surface area contributed by atoms with E-state index in [1.807, 2.05) is 4.90 Å². The van der Waals surface area contributed by atoms with Gasteiger partial charge in [0.2, 0.25) is 11.8 Å². The summed E-state index contributed by atoms with van der Waals surface area (Å²) in [7, 11) is 0. The lowest BCUT2D eigenvalue weighted by molar-refractivity contribution is -0.141. The number of rotatable bonds is 2. The fraction of sp³-hybridized carbons (Fsp3) is 0.895. The van der Waals surface area contributed by atoms with Crippen LogP contribution in [0.1, 0.15) is 58.3 Å². The molecule has 0 atom stereocenters. The van der Waals surface area contributed by atoms with Gasteiger partial charge in [-0.25, -0.2) is 0 Å². The molecule has 0 N–H and O–H groups in total. The van der Waals surface area contributed by atoms with Crippen LogP contribution in [0.4, 0.5) is 0 Å². The first kappa shape index (κ1) is 17.7. The maximum Gasteiger partial charge on any atom is 0.225 e. The topological polar surface area (TPSA) is 43.9 Å². The number of carbonyl (C=O) groups is 2. The minimum Gasteiger partial charge on any atom is -0.343 e. The van der Waals surface area contributed by atoms with Gasteiger partial charge in [0.15, 0.2) is 0 Å². The summed E-state index contributed by atoms with van der Waals surface area (Å²) in [4.78, 5) is 30.8. The third-order valence-electron chi connectivity index (χ3n) is 6.22. The first-order valence-corrected chi connectivity index (χ1v) is 9.93. The van der Waals surface area contributed by atoms with E-state index in [2.05, 4.69) is 9.80 Å². The van der Waals surface area contributed by atoms with Crippen molar-refractivity contribution in [3.63, 3.8) is 0 Å². The van der Waals surface area contributed by atoms with E-state index in [0.717, 1.165) is 51.9 Å². The molecule has 3 saturated heterocycles. The Kier molecular flexibility index (Phi) is 6.14. The van der Waals surface area contributed by atoms with Crippen LogP contribution in [-0.2, 0) is 9.59 Å². The van der Waals surface area contributed by atoms with Gasteiger partial charge in [-0.1, -0.05) is 12.8 Å². The molecule has 0 aromatic rings. The molecule has 3 fully saturated rings. The lowest BCUT2D eigenvalue weighted by Gasteiger charge is -2.40. The molecule has 0 spiro atoms. The molecular formula is C19H33N3O2. The Morgan fingerprint density at radius 3 is 1.79 bits per heavy atom. The van der Waals surface area contributed by atoms with Crippen LogP contribution >= 0.6 is 0 Å². The first-order valence-electron chi connectivity index (χ1n) is 9.93. The Balaban J connectivity index is 1.44. The first-order chi connectivity index (χ1) is 11.6. The number of nitrogens with zero attached hydrogens (tertiary/aromatic N) is 3. The van der Waals surface area contributed by atoms with Gasteiger partial charge >= 0.3 is 0 Å². The molecule has 2 amide bonds. The molecular weight excluding hydrogens is 302 g/mol. The standard InChI is InChI=1S/C19H33N3O2/c1-16(23)20-12-6-17(7-13-20)19(24)22-14-8-18(9-15-22)21-10-4-2-3-5-11-21/h17-18H,2-15H2,1H3. The zero-order valence-electron chi connectivity index (χ0n) is 15.2. The average molecular weight is 335 g/mol. The Hall–Kier alpha value is -1.10. The van der Waals surface area contributed by atoms with Crippen LogP contribution in [0.25, 0.3) is 0 Å². The van der Waals surface area contributed by atoms with Gasteiger partial charge < -0.3 is 14.7 Å². The second-order valence-electron chi connectivity index (χ2n) is 7.79. The average Bonchev–Trinajstić information content (AvgIpc) is 2.91. The van der Waals surface area contributed by atoms with Crippen molar-refractivity contribution < 1.29 is 9.59 Å². The molecule has 0 unspecified atom stereocenters. The third kappa shape index (κ3) is 4.29. The lowest BCUT2D eigenvalue weighted by atomic mass is 9.93. The van der Waals surface area contributed by atoms with Crippen LogP contribution in [0, 0.1) is 5.92 Å². The largest absolute Gasteiger partial charge is 0.343 e. The minimum absolute atomic E-state index is 0.135.